The quantitative estimate of drug-likeness (QED) is 0.753. The van der Waals surface area contributed by atoms with Crippen LogP contribution in [0.5, 0.6) is 5.75 Å². The van der Waals surface area contributed by atoms with Crippen molar-refractivity contribution < 1.29 is 14.3 Å². The summed E-state index contributed by atoms with van der Waals surface area (Å²) in [6.45, 7) is 2.95. The summed E-state index contributed by atoms with van der Waals surface area (Å²) in [5.41, 5.74) is 0.671. The van der Waals surface area contributed by atoms with Crippen LogP contribution in [0, 0.1) is 0 Å². The zero-order valence-corrected chi connectivity index (χ0v) is 17.5. The molecule has 2 N–H and O–H groups in total. The number of amides is 2. The molecule has 4 heterocycles. The van der Waals surface area contributed by atoms with Crippen LogP contribution in [0.3, 0.4) is 0 Å². The first kappa shape index (κ1) is 20.7. The van der Waals surface area contributed by atoms with Crippen molar-refractivity contribution >= 4 is 29.1 Å². The Labute approximate surface area is 180 Å². The minimum absolute atomic E-state index is 0.0957. The number of urea groups is 1. The van der Waals surface area contributed by atoms with Gasteiger partial charge in [-0.25, -0.2) is 9.78 Å². The molecule has 0 saturated carbocycles. The van der Waals surface area contributed by atoms with E-state index in [4.69, 9.17) is 21.1 Å². The predicted octanol–water partition coefficient (Wildman–Crippen LogP) is 3.48. The van der Waals surface area contributed by atoms with Crippen molar-refractivity contribution in [2.24, 2.45) is 0 Å². The first-order chi connectivity index (χ1) is 14.7. The van der Waals surface area contributed by atoms with Crippen LogP contribution in [0.15, 0.2) is 36.8 Å². The summed E-state index contributed by atoms with van der Waals surface area (Å²) < 4.78 is 11.5. The van der Waals surface area contributed by atoms with Gasteiger partial charge in [0.25, 0.3) is 0 Å². The van der Waals surface area contributed by atoms with Crippen LogP contribution < -0.4 is 20.3 Å². The van der Waals surface area contributed by atoms with Crippen molar-refractivity contribution in [2.75, 3.05) is 36.5 Å². The molecular weight excluding hydrogens is 406 g/mol. The van der Waals surface area contributed by atoms with Crippen molar-refractivity contribution in [3.63, 3.8) is 0 Å². The van der Waals surface area contributed by atoms with Gasteiger partial charge >= 0.3 is 6.03 Å². The van der Waals surface area contributed by atoms with Gasteiger partial charge in [0.1, 0.15) is 16.9 Å². The number of nitrogens with zero attached hydrogens (tertiary/aromatic N) is 3. The summed E-state index contributed by atoms with van der Waals surface area (Å²) in [6, 6.07) is 5.28. The lowest BCUT2D eigenvalue weighted by Crippen LogP contribution is -2.46. The summed E-state index contributed by atoms with van der Waals surface area (Å²) in [5.74, 6) is 1.41. The molecule has 0 bridgehead atoms. The number of piperidine rings is 1. The number of rotatable bonds is 5. The Kier molecular flexibility index (Phi) is 6.86. The topological polar surface area (TPSA) is 88.6 Å². The second-order valence-corrected chi connectivity index (χ2v) is 7.86. The maximum atomic E-state index is 12.2. The fourth-order valence-corrected chi connectivity index (χ4v) is 4.00. The molecule has 2 amide bonds. The highest BCUT2D eigenvalue weighted by Gasteiger charge is 2.25. The van der Waals surface area contributed by atoms with Gasteiger partial charge < -0.3 is 25.0 Å². The number of pyridine rings is 2. The molecule has 2 aliphatic rings. The Morgan fingerprint density at radius 2 is 1.97 bits per heavy atom. The number of aromatic nitrogens is 2. The molecule has 0 radical (unpaired) electrons. The number of carbonyl (C=O) groups excluding carboxylic acids is 1. The maximum Gasteiger partial charge on any atom is 0.319 e. The fourth-order valence-electron chi connectivity index (χ4n) is 3.73. The minimum Gasteiger partial charge on any atom is -0.488 e. The Bertz CT molecular complexity index is 840. The maximum absolute atomic E-state index is 12.2. The number of halogens is 1. The Morgan fingerprint density at radius 1 is 1.17 bits per heavy atom. The van der Waals surface area contributed by atoms with Crippen LogP contribution in [-0.4, -0.2) is 54.4 Å². The summed E-state index contributed by atoms with van der Waals surface area (Å²) in [7, 11) is 0. The van der Waals surface area contributed by atoms with Crippen molar-refractivity contribution in [3.8, 4) is 5.75 Å². The summed E-state index contributed by atoms with van der Waals surface area (Å²) >= 11 is 6.63. The highest BCUT2D eigenvalue weighted by molar-refractivity contribution is 6.34. The number of hydrogen-bond acceptors (Lipinski definition) is 6. The van der Waals surface area contributed by atoms with Gasteiger partial charge in [-0.05, 0) is 25.0 Å². The molecule has 9 heteroatoms. The van der Waals surface area contributed by atoms with E-state index in [0.29, 0.717) is 16.5 Å². The van der Waals surface area contributed by atoms with Crippen LogP contribution in [0.1, 0.15) is 25.7 Å². The van der Waals surface area contributed by atoms with E-state index < -0.39 is 0 Å². The monoisotopic (exact) mass is 431 g/mol. The minimum atomic E-state index is -0.218. The number of nitrogens with one attached hydrogen (secondary N) is 2. The Hall–Kier alpha value is -2.58. The second kappa shape index (κ2) is 9.95. The van der Waals surface area contributed by atoms with E-state index in [1.54, 1.807) is 30.7 Å². The van der Waals surface area contributed by atoms with Crippen LogP contribution in [-0.2, 0) is 4.74 Å². The van der Waals surface area contributed by atoms with E-state index in [2.05, 4.69) is 25.5 Å². The third-order valence-corrected chi connectivity index (χ3v) is 5.70. The van der Waals surface area contributed by atoms with E-state index >= 15 is 0 Å². The van der Waals surface area contributed by atoms with Gasteiger partial charge in [-0.15, -0.1) is 0 Å². The predicted molar refractivity (Wildman–Crippen MR) is 115 cm³/mol. The smallest absolute Gasteiger partial charge is 0.319 e. The highest BCUT2D eigenvalue weighted by Crippen LogP contribution is 2.35. The largest absolute Gasteiger partial charge is 0.488 e. The molecule has 0 aliphatic carbocycles. The second-order valence-electron chi connectivity index (χ2n) is 7.48. The van der Waals surface area contributed by atoms with E-state index in [1.807, 2.05) is 6.07 Å². The average Bonchev–Trinajstić information content (AvgIpc) is 2.77. The molecule has 4 rings (SSSR count). The normalized spacial score (nSPS) is 18.1. The van der Waals surface area contributed by atoms with E-state index in [1.165, 1.54) is 0 Å². The van der Waals surface area contributed by atoms with Gasteiger partial charge in [0.15, 0.2) is 5.82 Å². The molecule has 30 heavy (non-hydrogen) atoms. The van der Waals surface area contributed by atoms with Crippen LogP contribution in [0.2, 0.25) is 5.02 Å². The molecule has 2 saturated heterocycles. The Morgan fingerprint density at radius 3 is 2.70 bits per heavy atom. The first-order valence-corrected chi connectivity index (χ1v) is 10.7. The molecular formula is C21H26ClN5O3. The summed E-state index contributed by atoms with van der Waals surface area (Å²) in [6.07, 6.45) is 8.50. The lowest BCUT2D eigenvalue weighted by Gasteiger charge is -2.34. The van der Waals surface area contributed by atoms with Crippen molar-refractivity contribution in [3.05, 3.63) is 41.8 Å². The number of hydrogen-bond donors (Lipinski definition) is 2. The number of anilines is 2. The van der Waals surface area contributed by atoms with Crippen LogP contribution in [0.25, 0.3) is 0 Å². The lowest BCUT2D eigenvalue weighted by molar-refractivity contribution is 0.0256. The SMILES string of the molecule is O=C(Nc1cccnc1)NC1CCN(c2nccc(OC3CCOCC3)c2Cl)CC1. The Balaban J connectivity index is 1.30. The zero-order valence-electron chi connectivity index (χ0n) is 16.7. The molecule has 0 atom stereocenters. The summed E-state index contributed by atoms with van der Waals surface area (Å²) in [5, 5.41) is 6.37. The van der Waals surface area contributed by atoms with Gasteiger partial charge in [0, 0.05) is 50.4 Å². The lowest BCUT2D eigenvalue weighted by atomic mass is 10.1. The molecule has 0 unspecified atom stereocenters. The molecule has 0 aromatic carbocycles. The molecule has 0 spiro atoms. The fraction of sp³-hybridized carbons (Fsp3) is 0.476. The summed E-state index contributed by atoms with van der Waals surface area (Å²) in [4.78, 5) is 22.8. The van der Waals surface area contributed by atoms with E-state index in [-0.39, 0.29) is 18.2 Å². The van der Waals surface area contributed by atoms with Crippen molar-refractivity contribution in [1.29, 1.82) is 0 Å². The molecule has 8 nitrogen and oxygen atoms in total. The van der Waals surface area contributed by atoms with Crippen molar-refractivity contribution in [2.45, 2.75) is 37.8 Å². The third-order valence-electron chi connectivity index (χ3n) is 5.35. The molecule has 2 aromatic rings. The number of ether oxygens (including phenoxy) is 2. The average molecular weight is 432 g/mol. The highest BCUT2D eigenvalue weighted by atomic mass is 35.5. The standard InChI is InChI=1S/C21H26ClN5O3/c22-19-18(30-17-6-12-29-13-7-17)3-9-24-20(19)27-10-4-15(5-11-27)25-21(28)26-16-2-1-8-23-14-16/h1-3,8-9,14-15,17H,4-7,10-13H2,(H2,25,26,28). The number of carbonyl (C=O) groups is 1. The zero-order chi connectivity index (χ0) is 20.8. The van der Waals surface area contributed by atoms with Gasteiger partial charge in [0.05, 0.1) is 25.1 Å². The molecule has 2 aromatic heterocycles. The van der Waals surface area contributed by atoms with E-state index in [0.717, 1.165) is 57.8 Å². The van der Waals surface area contributed by atoms with Crippen LogP contribution >= 0.6 is 11.6 Å². The molecule has 160 valence electrons. The van der Waals surface area contributed by atoms with E-state index in [9.17, 15) is 4.79 Å². The molecule has 2 aliphatic heterocycles. The van der Waals surface area contributed by atoms with Gasteiger partial charge in [-0.1, -0.05) is 11.6 Å². The van der Waals surface area contributed by atoms with Gasteiger partial charge in [-0.2, -0.15) is 0 Å². The first-order valence-electron chi connectivity index (χ1n) is 10.3. The van der Waals surface area contributed by atoms with Gasteiger partial charge in [0.2, 0.25) is 0 Å². The van der Waals surface area contributed by atoms with Crippen LogP contribution in [0.4, 0.5) is 16.3 Å². The van der Waals surface area contributed by atoms with Gasteiger partial charge in [-0.3, -0.25) is 4.98 Å². The molecule has 2 fully saturated rings. The van der Waals surface area contributed by atoms with Crippen molar-refractivity contribution in [1.82, 2.24) is 15.3 Å². The third kappa shape index (κ3) is 5.31.